The van der Waals surface area contributed by atoms with Crippen LogP contribution >= 0.6 is 11.3 Å². The van der Waals surface area contributed by atoms with Crippen molar-refractivity contribution in [3.63, 3.8) is 0 Å². The van der Waals surface area contributed by atoms with E-state index in [2.05, 4.69) is 16.9 Å². The average molecular weight is 545 g/mol. The first-order valence-electron chi connectivity index (χ1n) is 13.1. The van der Waals surface area contributed by atoms with Crippen LogP contribution in [0.5, 0.6) is 0 Å². The zero-order valence-electron chi connectivity index (χ0n) is 22.0. The number of amides is 3. The SMILES string of the molecule is C=Cc1ncsc1-c1ccc(CNC(=O)[C@@H]2C[C@@H](O)CN2C(=O)C(C(C)C)N2Cc3ccccc3C2=O)cc1. The lowest BCUT2D eigenvalue weighted by Crippen LogP contribution is -2.55. The fourth-order valence-corrected chi connectivity index (χ4v) is 6.25. The molecule has 2 aromatic carbocycles. The minimum Gasteiger partial charge on any atom is -0.391 e. The van der Waals surface area contributed by atoms with Crippen molar-refractivity contribution >= 4 is 35.1 Å². The summed E-state index contributed by atoms with van der Waals surface area (Å²) in [5, 5.41) is 13.4. The van der Waals surface area contributed by atoms with E-state index in [1.54, 1.807) is 33.9 Å². The van der Waals surface area contributed by atoms with E-state index in [1.807, 2.05) is 56.3 Å². The van der Waals surface area contributed by atoms with E-state index in [4.69, 9.17) is 0 Å². The fourth-order valence-electron chi connectivity index (χ4n) is 5.45. The van der Waals surface area contributed by atoms with Crippen LogP contribution in [0.1, 0.15) is 47.4 Å². The Balaban J connectivity index is 1.27. The molecule has 9 heteroatoms. The third-order valence-electron chi connectivity index (χ3n) is 7.41. The van der Waals surface area contributed by atoms with E-state index >= 15 is 0 Å². The van der Waals surface area contributed by atoms with Crippen molar-refractivity contribution < 1.29 is 19.5 Å². The Labute approximate surface area is 232 Å². The molecular weight excluding hydrogens is 512 g/mol. The van der Waals surface area contributed by atoms with Crippen LogP contribution in [0, 0.1) is 5.92 Å². The second-order valence-electron chi connectivity index (χ2n) is 10.4. The summed E-state index contributed by atoms with van der Waals surface area (Å²) >= 11 is 1.54. The normalized spacial score (nSPS) is 19.3. The number of aliphatic hydroxyl groups is 1. The van der Waals surface area contributed by atoms with Crippen LogP contribution in [0.25, 0.3) is 16.5 Å². The van der Waals surface area contributed by atoms with Crippen LogP contribution in [0.15, 0.2) is 60.6 Å². The van der Waals surface area contributed by atoms with Crippen molar-refractivity contribution in [2.24, 2.45) is 5.92 Å². The van der Waals surface area contributed by atoms with Gasteiger partial charge in [0.1, 0.15) is 12.1 Å². The number of rotatable bonds is 8. The van der Waals surface area contributed by atoms with Gasteiger partial charge in [0, 0.05) is 31.6 Å². The van der Waals surface area contributed by atoms with Crippen molar-refractivity contribution in [1.82, 2.24) is 20.1 Å². The zero-order chi connectivity index (χ0) is 27.7. The Morgan fingerprint density at radius 1 is 1.21 bits per heavy atom. The summed E-state index contributed by atoms with van der Waals surface area (Å²) in [7, 11) is 0. The molecule has 39 heavy (non-hydrogen) atoms. The lowest BCUT2D eigenvalue weighted by Gasteiger charge is -2.35. The maximum atomic E-state index is 13.8. The molecule has 0 radical (unpaired) electrons. The van der Waals surface area contributed by atoms with Gasteiger partial charge in [0.25, 0.3) is 5.91 Å². The standard InChI is InChI=1S/C30H32N4O4S/c1-4-24-27(39-17-32-24)20-11-9-19(10-12-20)14-31-28(36)25-13-22(35)16-33(25)30(38)26(18(2)3)34-15-21-7-5-6-8-23(21)29(34)37/h4-12,17-18,22,25-26,35H,1,13-16H2,2-3H3,(H,31,36)/t22-,25+,26?/m1/s1. The number of nitrogens with zero attached hydrogens (tertiary/aromatic N) is 3. The number of hydrogen-bond acceptors (Lipinski definition) is 6. The number of thiazole rings is 1. The third-order valence-corrected chi connectivity index (χ3v) is 8.30. The number of carbonyl (C=O) groups excluding carboxylic acids is 3. The van der Waals surface area contributed by atoms with Crippen LogP contribution in [0.2, 0.25) is 0 Å². The molecule has 0 spiro atoms. The van der Waals surface area contributed by atoms with Gasteiger partial charge in [-0.3, -0.25) is 14.4 Å². The maximum Gasteiger partial charge on any atom is 0.255 e. The second-order valence-corrected chi connectivity index (χ2v) is 11.2. The first-order chi connectivity index (χ1) is 18.8. The second kappa shape index (κ2) is 11.1. The minimum absolute atomic E-state index is 0.0598. The molecule has 3 amide bonds. The van der Waals surface area contributed by atoms with Crippen molar-refractivity contribution in [1.29, 1.82) is 0 Å². The van der Waals surface area contributed by atoms with Gasteiger partial charge in [-0.25, -0.2) is 4.98 Å². The van der Waals surface area contributed by atoms with Crippen molar-refractivity contribution in [3.8, 4) is 10.4 Å². The molecule has 8 nitrogen and oxygen atoms in total. The summed E-state index contributed by atoms with van der Waals surface area (Å²) in [6.07, 6.45) is 1.08. The van der Waals surface area contributed by atoms with Gasteiger partial charge in [0.2, 0.25) is 11.8 Å². The Kier molecular flexibility index (Phi) is 7.63. The molecule has 3 aromatic rings. The molecule has 2 aliphatic rings. The lowest BCUT2D eigenvalue weighted by atomic mass is 10.0. The highest BCUT2D eigenvalue weighted by atomic mass is 32.1. The minimum atomic E-state index is -0.805. The van der Waals surface area contributed by atoms with Crippen molar-refractivity contribution in [2.45, 2.75) is 51.5 Å². The quantitative estimate of drug-likeness (QED) is 0.450. The van der Waals surface area contributed by atoms with Crippen LogP contribution < -0.4 is 5.32 Å². The molecule has 0 saturated carbocycles. The number of hydrogen-bond donors (Lipinski definition) is 2. The number of aromatic nitrogens is 1. The number of benzene rings is 2. The number of carbonyl (C=O) groups is 3. The highest BCUT2D eigenvalue weighted by Gasteiger charge is 2.45. The smallest absolute Gasteiger partial charge is 0.255 e. The topological polar surface area (TPSA) is 103 Å². The van der Waals surface area contributed by atoms with Gasteiger partial charge >= 0.3 is 0 Å². The number of aliphatic hydroxyl groups excluding tert-OH is 1. The molecule has 202 valence electrons. The van der Waals surface area contributed by atoms with Gasteiger partial charge in [-0.15, -0.1) is 11.3 Å². The molecule has 0 bridgehead atoms. The molecule has 3 atom stereocenters. The first-order valence-corrected chi connectivity index (χ1v) is 14.0. The maximum absolute atomic E-state index is 13.8. The number of fused-ring (bicyclic) bond motifs is 1. The predicted molar refractivity (Wildman–Crippen MR) is 151 cm³/mol. The largest absolute Gasteiger partial charge is 0.391 e. The summed E-state index contributed by atoms with van der Waals surface area (Å²) in [5.74, 6) is -0.982. The Bertz CT molecular complexity index is 1400. The van der Waals surface area contributed by atoms with Crippen molar-refractivity contribution in [2.75, 3.05) is 6.54 Å². The van der Waals surface area contributed by atoms with Gasteiger partial charge in [-0.05, 0) is 34.8 Å². The van der Waals surface area contributed by atoms with E-state index in [0.29, 0.717) is 12.1 Å². The molecule has 3 heterocycles. The third kappa shape index (κ3) is 5.24. The van der Waals surface area contributed by atoms with Crippen LogP contribution in [-0.4, -0.2) is 62.3 Å². The predicted octanol–water partition coefficient (Wildman–Crippen LogP) is 3.71. The fraction of sp³-hybridized carbons (Fsp3) is 0.333. The van der Waals surface area contributed by atoms with E-state index < -0.39 is 18.2 Å². The van der Waals surface area contributed by atoms with Crippen LogP contribution in [0.4, 0.5) is 0 Å². The van der Waals surface area contributed by atoms with Gasteiger partial charge in [-0.1, -0.05) is 62.9 Å². The highest BCUT2D eigenvalue weighted by molar-refractivity contribution is 7.13. The molecular formula is C30H32N4O4S. The van der Waals surface area contributed by atoms with Gasteiger partial charge < -0.3 is 20.2 Å². The summed E-state index contributed by atoms with van der Waals surface area (Å²) in [5.41, 5.74) is 6.05. The summed E-state index contributed by atoms with van der Waals surface area (Å²) in [6.45, 7) is 8.30. The van der Waals surface area contributed by atoms with E-state index in [1.165, 1.54) is 4.90 Å². The molecule has 1 fully saturated rings. The molecule has 1 aromatic heterocycles. The number of likely N-dealkylation sites (tertiary alicyclic amines) is 1. The van der Waals surface area contributed by atoms with Crippen LogP contribution in [0.3, 0.4) is 0 Å². The summed E-state index contributed by atoms with van der Waals surface area (Å²) in [6, 6.07) is 13.7. The van der Waals surface area contributed by atoms with Crippen molar-refractivity contribution in [3.05, 3.63) is 83.0 Å². The average Bonchev–Trinajstić information content (AvgIpc) is 3.65. The summed E-state index contributed by atoms with van der Waals surface area (Å²) < 4.78 is 0. The molecule has 2 N–H and O–H groups in total. The molecule has 0 aliphatic carbocycles. The lowest BCUT2D eigenvalue weighted by molar-refractivity contribution is -0.143. The van der Waals surface area contributed by atoms with E-state index in [0.717, 1.165) is 27.3 Å². The Morgan fingerprint density at radius 3 is 2.64 bits per heavy atom. The molecule has 1 saturated heterocycles. The summed E-state index contributed by atoms with van der Waals surface area (Å²) in [4.78, 5) is 48.6. The molecule has 2 aliphatic heterocycles. The molecule has 1 unspecified atom stereocenters. The van der Waals surface area contributed by atoms with Gasteiger partial charge in [0.05, 0.1) is 22.2 Å². The zero-order valence-corrected chi connectivity index (χ0v) is 22.9. The van der Waals surface area contributed by atoms with Gasteiger partial charge in [0.15, 0.2) is 0 Å². The number of nitrogens with one attached hydrogen (secondary N) is 1. The Morgan fingerprint density at radius 2 is 1.95 bits per heavy atom. The van der Waals surface area contributed by atoms with E-state index in [9.17, 15) is 19.5 Å². The Hall–Kier alpha value is -3.82. The van der Waals surface area contributed by atoms with E-state index in [-0.39, 0.29) is 43.1 Å². The van der Waals surface area contributed by atoms with Crippen LogP contribution in [-0.2, 0) is 22.7 Å². The molecule has 5 rings (SSSR count). The first kappa shape index (κ1) is 26.8. The highest BCUT2D eigenvalue weighted by Crippen LogP contribution is 2.31. The number of β-amino-alcohol motifs (C(OH)–C–C–N with tert-alkyl or cyclic N) is 1. The van der Waals surface area contributed by atoms with Gasteiger partial charge in [-0.2, -0.15) is 0 Å². The monoisotopic (exact) mass is 544 g/mol.